The van der Waals surface area contributed by atoms with Crippen molar-refractivity contribution in [2.75, 3.05) is 23.3 Å². The molecule has 0 saturated carbocycles. The van der Waals surface area contributed by atoms with Gasteiger partial charge in [-0.25, -0.2) is 9.78 Å². The van der Waals surface area contributed by atoms with Crippen LogP contribution < -0.4 is 15.8 Å². The summed E-state index contributed by atoms with van der Waals surface area (Å²) in [6.07, 6.45) is 0. The minimum atomic E-state index is -0.374. The Morgan fingerprint density at radius 1 is 1.07 bits per heavy atom. The van der Waals surface area contributed by atoms with Gasteiger partial charge in [0.05, 0.1) is 11.3 Å². The fourth-order valence-corrected chi connectivity index (χ4v) is 3.89. The van der Waals surface area contributed by atoms with E-state index in [1.807, 2.05) is 53.9 Å². The molecule has 6 heteroatoms. The first-order chi connectivity index (χ1) is 13.7. The van der Waals surface area contributed by atoms with Crippen molar-refractivity contribution in [3.05, 3.63) is 70.4 Å². The monoisotopic (exact) mass is 391 g/mol. The van der Waals surface area contributed by atoms with Gasteiger partial charge in [-0.05, 0) is 44.2 Å². The Bertz CT molecular complexity index is 1150. The number of thiazole rings is 1. The molecule has 2 aromatic heterocycles. The molecule has 4 aromatic rings. The summed E-state index contributed by atoms with van der Waals surface area (Å²) in [5.41, 5.74) is 3.32. The second-order valence-electron chi connectivity index (χ2n) is 6.37. The summed E-state index contributed by atoms with van der Waals surface area (Å²) < 4.78 is 5.62. The summed E-state index contributed by atoms with van der Waals surface area (Å²) >= 11 is 1.46. The number of fused-ring (bicyclic) bond motifs is 1. The van der Waals surface area contributed by atoms with E-state index in [9.17, 15) is 4.79 Å². The second-order valence-corrected chi connectivity index (χ2v) is 7.23. The standard InChI is InChI=1S/C22H21N3O2S/c1-3-25(4-2)17-11-10-15-12-18(21(26)27-20(15)13-17)19-14-28-22(24-19)23-16-8-6-5-7-9-16/h5-14H,3-4H2,1-2H3,(H,23,24). The van der Waals surface area contributed by atoms with Crippen molar-refractivity contribution in [1.29, 1.82) is 0 Å². The van der Waals surface area contributed by atoms with Crippen LogP contribution in [0.1, 0.15) is 13.8 Å². The predicted molar refractivity (Wildman–Crippen MR) is 117 cm³/mol. The molecule has 0 aliphatic rings. The van der Waals surface area contributed by atoms with Crippen molar-refractivity contribution in [3.63, 3.8) is 0 Å². The second kappa shape index (κ2) is 7.86. The van der Waals surface area contributed by atoms with E-state index in [4.69, 9.17) is 4.42 Å². The number of aromatic nitrogens is 1. The molecule has 0 unspecified atom stereocenters. The Morgan fingerprint density at radius 3 is 2.61 bits per heavy atom. The Labute approximate surface area is 167 Å². The molecule has 0 radical (unpaired) electrons. The molecule has 0 spiro atoms. The van der Waals surface area contributed by atoms with Crippen molar-refractivity contribution in [1.82, 2.24) is 4.98 Å². The van der Waals surface area contributed by atoms with Crippen LogP contribution in [-0.2, 0) is 0 Å². The summed E-state index contributed by atoms with van der Waals surface area (Å²) in [5.74, 6) is 0. The van der Waals surface area contributed by atoms with Gasteiger partial charge in [0, 0.05) is 41.3 Å². The summed E-state index contributed by atoms with van der Waals surface area (Å²) in [6, 6.07) is 17.7. The summed E-state index contributed by atoms with van der Waals surface area (Å²) in [7, 11) is 0. The number of rotatable bonds is 6. The molecule has 0 saturated heterocycles. The van der Waals surface area contributed by atoms with E-state index in [0.29, 0.717) is 16.8 Å². The average Bonchev–Trinajstić information content (AvgIpc) is 3.17. The fourth-order valence-electron chi connectivity index (χ4n) is 3.16. The minimum absolute atomic E-state index is 0.374. The van der Waals surface area contributed by atoms with Crippen molar-refractivity contribution >= 4 is 38.8 Å². The first kappa shape index (κ1) is 18.3. The molecule has 0 atom stereocenters. The van der Waals surface area contributed by atoms with Crippen LogP contribution >= 0.6 is 11.3 Å². The van der Waals surface area contributed by atoms with E-state index >= 15 is 0 Å². The molecule has 0 aliphatic heterocycles. The van der Waals surface area contributed by atoms with E-state index in [1.165, 1.54) is 11.3 Å². The van der Waals surface area contributed by atoms with Crippen LogP contribution in [-0.4, -0.2) is 18.1 Å². The first-order valence-corrected chi connectivity index (χ1v) is 10.2. The van der Waals surface area contributed by atoms with Crippen LogP contribution in [0.5, 0.6) is 0 Å². The van der Waals surface area contributed by atoms with Crippen molar-refractivity contribution in [2.24, 2.45) is 0 Å². The number of para-hydroxylation sites is 1. The number of anilines is 3. The van der Waals surface area contributed by atoms with Gasteiger partial charge in [-0.3, -0.25) is 0 Å². The summed E-state index contributed by atoms with van der Waals surface area (Å²) in [4.78, 5) is 19.4. The largest absolute Gasteiger partial charge is 0.422 e. The van der Waals surface area contributed by atoms with E-state index in [0.717, 1.165) is 35.0 Å². The third kappa shape index (κ3) is 3.64. The van der Waals surface area contributed by atoms with E-state index in [2.05, 4.69) is 35.1 Å². The molecule has 1 N–H and O–H groups in total. The van der Waals surface area contributed by atoms with Crippen LogP contribution in [0, 0.1) is 0 Å². The van der Waals surface area contributed by atoms with Gasteiger partial charge in [0.2, 0.25) is 0 Å². The Hall–Kier alpha value is -3.12. The van der Waals surface area contributed by atoms with Crippen LogP contribution in [0.25, 0.3) is 22.2 Å². The maximum atomic E-state index is 12.6. The van der Waals surface area contributed by atoms with Gasteiger partial charge in [-0.1, -0.05) is 18.2 Å². The molecule has 0 amide bonds. The first-order valence-electron chi connectivity index (χ1n) is 9.28. The number of benzene rings is 2. The van der Waals surface area contributed by atoms with Gasteiger partial charge < -0.3 is 14.6 Å². The summed E-state index contributed by atoms with van der Waals surface area (Å²) in [6.45, 7) is 6.02. The molecule has 4 rings (SSSR count). The molecule has 0 aliphatic carbocycles. The van der Waals surface area contributed by atoms with Crippen LogP contribution in [0.15, 0.2) is 69.2 Å². The summed E-state index contributed by atoms with van der Waals surface area (Å²) in [5, 5.41) is 6.74. The molecule has 0 bridgehead atoms. The smallest absolute Gasteiger partial charge is 0.345 e. The molecule has 142 valence electrons. The van der Waals surface area contributed by atoms with Gasteiger partial charge in [0.15, 0.2) is 5.13 Å². The highest BCUT2D eigenvalue weighted by Crippen LogP contribution is 2.28. The van der Waals surface area contributed by atoms with Gasteiger partial charge in [0.1, 0.15) is 5.58 Å². The minimum Gasteiger partial charge on any atom is -0.422 e. The highest BCUT2D eigenvalue weighted by atomic mass is 32.1. The Kier molecular flexibility index (Phi) is 5.12. The topological polar surface area (TPSA) is 58.4 Å². The molecule has 5 nitrogen and oxygen atoms in total. The molecule has 0 fully saturated rings. The highest BCUT2D eigenvalue weighted by Gasteiger charge is 2.13. The molecule has 28 heavy (non-hydrogen) atoms. The highest BCUT2D eigenvalue weighted by molar-refractivity contribution is 7.14. The number of nitrogens with zero attached hydrogens (tertiary/aromatic N) is 2. The number of nitrogens with one attached hydrogen (secondary N) is 1. The quantitative estimate of drug-likeness (QED) is 0.439. The van der Waals surface area contributed by atoms with Crippen LogP contribution in [0.2, 0.25) is 0 Å². The zero-order valence-electron chi connectivity index (χ0n) is 15.8. The molecule has 2 heterocycles. The van der Waals surface area contributed by atoms with Gasteiger partial charge in [0.25, 0.3) is 0 Å². The molecular formula is C22H21N3O2S. The lowest BCUT2D eigenvalue weighted by molar-refractivity contribution is 0.563. The molecular weight excluding hydrogens is 370 g/mol. The van der Waals surface area contributed by atoms with Crippen LogP contribution in [0.4, 0.5) is 16.5 Å². The van der Waals surface area contributed by atoms with E-state index < -0.39 is 0 Å². The van der Waals surface area contributed by atoms with Crippen LogP contribution in [0.3, 0.4) is 0 Å². The Balaban J connectivity index is 1.67. The lowest BCUT2D eigenvalue weighted by Gasteiger charge is -2.20. The average molecular weight is 391 g/mol. The molecule has 2 aromatic carbocycles. The lowest BCUT2D eigenvalue weighted by atomic mass is 10.1. The SMILES string of the molecule is CCN(CC)c1ccc2cc(-c3csc(Nc4ccccc4)n3)c(=O)oc2c1. The lowest BCUT2D eigenvalue weighted by Crippen LogP contribution is -2.21. The van der Waals surface area contributed by atoms with Crippen molar-refractivity contribution in [3.8, 4) is 11.3 Å². The zero-order valence-corrected chi connectivity index (χ0v) is 16.6. The fraction of sp³-hybridized carbons (Fsp3) is 0.182. The van der Waals surface area contributed by atoms with Gasteiger partial charge >= 0.3 is 5.63 Å². The maximum Gasteiger partial charge on any atom is 0.345 e. The normalized spacial score (nSPS) is 10.9. The third-order valence-electron chi connectivity index (χ3n) is 4.65. The van der Waals surface area contributed by atoms with Crippen molar-refractivity contribution in [2.45, 2.75) is 13.8 Å². The predicted octanol–water partition coefficient (Wildman–Crippen LogP) is 5.51. The van der Waals surface area contributed by atoms with Gasteiger partial charge in [-0.2, -0.15) is 0 Å². The van der Waals surface area contributed by atoms with Gasteiger partial charge in [-0.15, -0.1) is 11.3 Å². The maximum absolute atomic E-state index is 12.6. The number of hydrogen-bond acceptors (Lipinski definition) is 6. The zero-order chi connectivity index (χ0) is 19.5. The van der Waals surface area contributed by atoms with E-state index in [-0.39, 0.29) is 5.63 Å². The van der Waals surface area contributed by atoms with E-state index in [1.54, 1.807) is 0 Å². The number of hydrogen-bond donors (Lipinski definition) is 1. The Morgan fingerprint density at radius 2 is 1.86 bits per heavy atom. The third-order valence-corrected chi connectivity index (χ3v) is 5.41. The van der Waals surface area contributed by atoms with Crippen molar-refractivity contribution < 1.29 is 4.42 Å².